The van der Waals surface area contributed by atoms with Gasteiger partial charge in [-0.1, -0.05) is 45.9 Å². The lowest BCUT2D eigenvalue weighted by Gasteiger charge is -2.15. The number of hydrogen-bond acceptors (Lipinski definition) is 6. The fraction of sp³-hybridized carbons (Fsp3) is 0.375. The van der Waals surface area contributed by atoms with Gasteiger partial charge in [0.2, 0.25) is 5.91 Å². The quantitative estimate of drug-likeness (QED) is 0.434. The molecule has 0 aliphatic heterocycles. The predicted molar refractivity (Wildman–Crippen MR) is 132 cm³/mol. The summed E-state index contributed by atoms with van der Waals surface area (Å²) in [6.07, 6.45) is 3.09. The first-order valence-corrected chi connectivity index (χ1v) is 11.9. The molecule has 1 amide bonds. The van der Waals surface area contributed by atoms with Gasteiger partial charge in [-0.25, -0.2) is 9.97 Å². The van der Waals surface area contributed by atoms with Gasteiger partial charge in [0.15, 0.2) is 10.8 Å². The Morgan fingerprint density at radius 2 is 1.97 bits per heavy atom. The van der Waals surface area contributed by atoms with Crippen LogP contribution in [0.1, 0.15) is 57.1 Å². The van der Waals surface area contributed by atoms with Crippen molar-refractivity contribution in [1.29, 1.82) is 0 Å². The van der Waals surface area contributed by atoms with Gasteiger partial charge >= 0.3 is 0 Å². The zero-order valence-electron chi connectivity index (χ0n) is 19.5. The van der Waals surface area contributed by atoms with Crippen LogP contribution < -0.4 is 10.9 Å². The standard InChI is InChI=1S/C24H28N6O2S/c1-14(2)16-6-7-17(18(10-16)15(3)4)20-12-33-24(27-20)28-21(31)8-9-30-13-25-22-19(23(30)32)11-26-29(22)5/h6-7,10-15H,8-9H2,1-5H3,(H,27,28,31). The van der Waals surface area contributed by atoms with Gasteiger partial charge in [-0.2, -0.15) is 5.10 Å². The van der Waals surface area contributed by atoms with Gasteiger partial charge in [0, 0.05) is 31.0 Å². The first kappa shape index (κ1) is 22.8. The van der Waals surface area contributed by atoms with E-state index >= 15 is 0 Å². The van der Waals surface area contributed by atoms with Crippen molar-refractivity contribution in [2.45, 2.75) is 52.5 Å². The number of rotatable bonds is 7. The normalized spacial score (nSPS) is 11.6. The van der Waals surface area contributed by atoms with Crippen molar-refractivity contribution in [2.75, 3.05) is 5.32 Å². The summed E-state index contributed by atoms with van der Waals surface area (Å²) in [6.45, 7) is 8.97. The van der Waals surface area contributed by atoms with Crippen molar-refractivity contribution in [3.05, 3.63) is 57.6 Å². The van der Waals surface area contributed by atoms with Gasteiger partial charge in [-0.15, -0.1) is 11.3 Å². The van der Waals surface area contributed by atoms with Gasteiger partial charge in [-0.05, 0) is 23.0 Å². The van der Waals surface area contributed by atoms with Gasteiger partial charge in [0.1, 0.15) is 5.39 Å². The van der Waals surface area contributed by atoms with Crippen molar-refractivity contribution >= 4 is 33.4 Å². The summed E-state index contributed by atoms with van der Waals surface area (Å²) in [5.41, 5.74) is 4.83. The lowest BCUT2D eigenvalue weighted by atomic mass is 9.90. The van der Waals surface area contributed by atoms with Crippen LogP contribution in [-0.4, -0.2) is 30.2 Å². The molecule has 0 saturated heterocycles. The molecule has 4 aromatic rings. The highest BCUT2D eigenvalue weighted by Gasteiger charge is 2.15. The molecule has 0 bridgehead atoms. The van der Waals surface area contributed by atoms with Gasteiger partial charge < -0.3 is 5.32 Å². The zero-order chi connectivity index (χ0) is 23.7. The Kier molecular flexibility index (Phi) is 6.42. The number of aryl methyl sites for hydroxylation is 2. The Morgan fingerprint density at radius 3 is 2.70 bits per heavy atom. The van der Waals surface area contributed by atoms with Crippen LogP contribution in [-0.2, 0) is 18.4 Å². The van der Waals surface area contributed by atoms with Gasteiger partial charge in [0.25, 0.3) is 5.56 Å². The number of aromatic nitrogens is 5. The first-order chi connectivity index (χ1) is 15.7. The van der Waals surface area contributed by atoms with Crippen molar-refractivity contribution in [3.8, 4) is 11.3 Å². The minimum Gasteiger partial charge on any atom is -0.302 e. The van der Waals surface area contributed by atoms with Crippen LogP contribution in [0.25, 0.3) is 22.3 Å². The minimum atomic E-state index is -0.205. The summed E-state index contributed by atoms with van der Waals surface area (Å²) in [5.74, 6) is 0.624. The molecule has 0 aliphatic rings. The highest BCUT2D eigenvalue weighted by atomic mass is 32.1. The van der Waals surface area contributed by atoms with E-state index in [0.717, 1.165) is 11.3 Å². The molecule has 172 valence electrons. The summed E-state index contributed by atoms with van der Waals surface area (Å²) in [6, 6.07) is 6.53. The van der Waals surface area contributed by atoms with Crippen LogP contribution in [0, 0.1) is 0 Å². The van der Waals surface area contributed by atoms with Crippen molar-refractivity contribution in [1.82, 2.24) is 24.3 Å². The maximum Gasteiger partial charge on any atom is 0.264 e. The summed E-state index contributed by atoms with van der Waals surface area (Å²) in [7, 11) is 1.73. The molecule has 0 atom stereocenters. The SMILES string of the molecule is CC(C)c1ccc(-c2csc(NC(=O)CCn3cnc4c(cnn4C)c3=O)n2)c(C(C)C)c1. The first-order valence-electron chi connectivity index (χ1n) is 11.0. The highest BCUT2D eigenvalue weighted by Crippen LogP contribution is 2.33. The van der Waals surface area contributed by atoms with Crippen LogP contribution in [0.15, 0.2) is 40.9 Å². The number of amides is 1. The smallest absolute Gasteiger partial charge is 0.264 e. The monoisotopic (exact) mass is 464 g/mol. The van der Waals surface area contributed by atoms with Crippen LogP contribution in [0.5, 0.6) is 0 Å². The lowest BCUT2D eigenvalue weighted by molar-refractivity contribution is -0.116. The maximum absolute atomic E-state index is 12.6. The second-order valence-corrected chi connectivity index (χ2v) is 9.60. The predicted octanol–water partition coefficient (Wildman–Crippen LogP) is 4.53. The number of carbonyl (C=O) groups is 1. The molecule has 9 heteroatoms. The molecular formula is C24H28N6O2S. The molecule has 8 nitrogen and oxygen atoms in total. The van der Waals surface area contributed by atoms with Crippen LogP contribution in [0.4, 0.5) is 5.13 Å². The molecule has 0 aliphatic carbocycles. The molecule has 0 saturated carbocycles. The molecule has 0 fully saturated rings. The van der Waals surface area contributed by atoms with Crippen molar-refractivity contribution < 1.29 is 4.79 Å². The number of thiazole rings is 1. The Hall–Kier alpha value is -3.33. The fourth-order valence-electron chi connectivity index (χ4n) is 3.74. The van der Waals surface area contributed by atoms with E-state index in [1.807, 2.05) is 5.38 Å². The molecule has 0 radical (unpaired) electrons. The van der Waals surface area contributed by atoms with E-state index in [-0.39, 0.29) is 24.4 Å². The van der Waals surface area contributed by atoms with Crippen LogP contribution in [0.2, 0.25) is 0 Å². The van der Waals surface area contributed by atoms with Crippen LogP contribution in [0.3, 0.4) is 0 Å². The summed E-state index contributed by atoms with van der Waals surface area (Å²) < 4.78 is 2.98. The van der Waals surface area contributed by atoms with Crippen molar-refractivity contribution in [3.63, 3.8) is 0 Å². The minimum absolute atomic E-state index is 0.141. The molecule has 33 heavy (non-hydrogen) atoms. The molecule has 1 N–H and O–H groups in total. The molecule has 3 aromatic heterocycles. The average Bonchev–Trinajstić information content (AvgIpc) is 3.40. The Labute approximate surface area is 196 Å². The van der Waals surface area contributed by atoms with E-state index in [1.54, 1.807) is 11.7 Å². The molecule has 1 aromatic carbocycles. The largest absolute Gasteiger partial charge is 0.302 e. The summed E-state index contributed by atoms with van der Waals surface area (Å²) in [5, 5.41) is 9.87. The second-order valence-electron chi connectivity index (χ2n) is 8.74. The number of nitrogens with zero attached hydrogens (tertiary/aromatic N) is 5. The third-order valence-corrected chi connectivity index (χ3v) is 6.45. The third kappa shape index (κ3) is 4.73. The summed E-state index contributed by atoms with van der Waals surface area (Å²) in [4.78, 5) is 34.0. The van der Waals surface area contributed by atoms with E-state index in [1.165, 1.54) is 39.6 Å². The van der Waals surface area contributed by atoms with Gasteiger partial charge in [0.05, 0.1) is 18.2 Å². The number of benzene rings is 1. The number of fused-ring (bicyclic) bond motifs is 1. The van der Waals surface area contributed by atoms with Gasteiger partial charge in [-0.3, -0.25) is 18.8 Å². The number of hydrogen-bond donors (Lipinski definition) is 1. The number of anilines is 1. The summed E-state index contributed by atoms with van der Waals surface area (Å²) >= 11 is 1.40. The fourth-order valence-corrected chi connectivity index (χ4v) is 4.46. The van der Waals surface area contributed by atoms with E-state index < -0.39 is 0 Å². The van der Waals surface area contributed by atoms with E-state index in [4.69, 9.17) is 0 Å². The Bertz CT molecular complexity index is 1370. The van der Waals surface area contributed by atoms with Crippen LogP contribution >= 0.6 is 11.3 Å². The Balaban J connectivity index is 1.45. The average molecular weight is 465 g/mol. The van der Waals surface area contributed by atoms with E-state index in [2.05, 4.69) is 66.3 Å². The molecule has 0 unspecified atom stereocenters. The third-order valence-electron chi connectivity index (χ3n) is 5.69. The molecule has 4 rings (SSSR count). The maximum atomic E-state index is 12.6. The second kappa shape index (κ2) is 9.27. The van der Waals surface area contributed by atoms with Crippen molar-refractivity contribution in [2.24, 2.45) is 7.05 Å². The number of carbonyl (C=O) groups excluding carboxylic acids is 1. The lowest BCUT2D eigenvalue weighted by Crippen LogP contribution is -2.23. The molecule has 0 spiro atoms. The zero-order valence-corrected chi connectivity index (χ0v) is 20.3. The Morgan fingerprint density at radius 1 is 1.18 bits per heavy atom. The molecule has 3 heterocycles. The van der Waals surface area contributed by atoms with E-state index in [0.29, 0.717) is 28.0 Å². The molecular weight excluding hydrogens is 436 g/mol. The number of nitrogens with one attached hydrogen (secondary N) is 1. The topological polar surface area (TPSA) is 94.7 Å². The highest BCUT2D eigenvalue weighted by molar-refractivity contribution is 7.14. The van der Waals surface area contributed by atoms with E-state index in [9.17, 15) is 9.59 Å².